The molecule has 0 radical (unpaired) electrons. The number of benzene rings is 1. The number of carbonyl (C=O) groups excluding carboxylic acids is 1. The first-order valence-electron chi connectivity index (χ1n) is 8.81. The van der Waals surface area contributed by atoms with E-state index in [1.165, 1.54) is 6.26 Å². The van der Waals surface area contributed by atoms with Gasteiger partial charge < -0.3 is 25.1 Å². The molecule has 0 bridgehead atoms. The predicted molar refractivity (Wildman–Crippen MR) is 116 cm³/mol. The van der Waals surface area contributed by atoms with Gasteiger partial charge >= 0.3 is 0 Å². The van der Waals surface area contributed by atoms with Gasteiger partial charge in [-0.15, -0.1) is 24.0 Å². The van der Waals surface area contributed by atoms with Gasteiger partial charge in [0.1, 0.15) is 0 Å². The van der Waals surface area contributed by atoms with Crippen LogP contribution in [-0.4, -0.2) is 47.6 Å². The second kappa shape index (κ2) is 10.3. The fourth-order valence-corrected chi connectivity index (χ4v) is 2.87. The first-order valence-corrected chi connectivity index (χ1v) is 8.81. The summed E-state index contributed by atoms with van der Waals surface area (Å²) in [5, 5.41) is 15.8. The normalized spacial score (nSPS) is 16.7. The monoisotopic (exact) mass is 484 g/mol. The molecule has 1 aromatic heterocycles. The molecule has 1 amide bonds. The summed E-state index contributed by atoms with van der Waals surface area (Å²) >= 11 is 0. The summed E-state index contributed by atoms with van der Waals surface area (Å²) in [6.45, 7) is 4.67. The minimum Gasteiger partial charge on any atom is -0.459 e. The number of aliphatic hydroxyl groups excluding tert-OH is 1. The van der Waals surface area contributed by atoms with Crippen LogP contribution in [0.25, 0.3) is 0 Å². The zero-order valence-electron chi connectivity index (χ0n) is 15.2. The van der Waals surface area contributed by atoms with E-state index in [-0.39, 0.29) is 41.7 Å². The van der Waals surface area contributed by atoms with Crippen LogP contribution in [0.1, 0.15) is 29.5 Å². The van der Waals surface area contributed by atoms with Gasteiger partial charge in [-0.2, -0.15) is 0 Å². The molecule has 0 unspecified atom stereocenters. The topological polar surface area (TPSA) is 90.1 Å². The van der Waals surface area contributed by atoms with E-state index >= 15 is 0 Å². The Balaban J connectivity index is 0.00000261. The van der Waals surface area contributed by atoms with E-state index in [4.69, 9.17) is 4.42 Å². The zero-order chi connectivity index (χ0) is 18.4. The number of carbonyl (C=O) groups is 1. The third-order valence-electron chi connectivity index (χ3n) is 4.14. The van der Waals surface area contributed by atoms with Gasteiger partial charge in [-0.1, -0.05) is 12.1 Å². The Morgan fingerprint density at radius 2 is 2.22 bits per heavy atom. The summed E-state index contributed by atoms with van der Waals surface area (Å²) in [5.41, 5.74) is 1.68. The maximum absolute atomic E-state index is 12.1. The molecule has 0 spiro atoms. The summed E-state index contributed by atoms with van der Waals surface area (Å²) in [7, 11) is 0. The number of β-amino-alcohol motifs (C(OH)–C–C–N with tert-alkyl or cyclic N) is 1. The molecule has 1 aliphatic heterocycles. The number of aliphatic imine (C=N–C) groups is 1. The van der Waals surface area contributed by atoms with Crippen LogP contribution in [0.15, 0.2) is 52.1 Å². The predicted octanol–water partition coefficient (Wildman–Crippen LogP) is 2.68. The molecule has 3 N–H and O–H groups in total. The Morgan fingerprint density at radius 3 is 2.89 bits per heavy atom. The Morgan fingerprint density at radius 1 is 1.37 bits per heavy atom. The molecule has 1 atom stereocenters. The highest BCUT2D eigenvalue weighted by atomic mass is 127. The molecule has 0 saturated carbocycles. The molecule has 1 aliphatic rings. The molecule has 7 nitrogen and oxygen atoms in total. The number of nitrogens with one attached hydrogen (secondary N) is 2. The minimum atomic E-state index is -0.293. The van der Waals surface area contributed by atoms with Crippen molar-refractivity contribution >= 4 is 41.5 Å². The Labute approximate surface area is 175 Å². The lowest BCUT2D eigenvalue weighted by atomic mass is 10.2. The SMILES string of the molecule is CCNC(=NCc1cccc(NC(=O)c2ccco2)c1)N1CC[C@@H](O)C1.I. The number of likely N-dealkylation sites (tertiary alicyclic amines) is 1. The molecule has 146 valence electrons. The summed E-state index contributed by atoms with van der Waals surface area (Å²) in [5.74, 6) is 0.791. The van der Waals surface area contributed by atoms with Crippen molar-refractivity contribution in [2.45, 2.75) is 26.0 Å². The smallest absolute Gasteiger partial charge is 0.291 e. The Bertz CT molecular complexity index is 764. The first-order chi connectivity index (χ1) is 12.7. The number of amides is 1. The van der Waals surface area contributed by atoms with Crippen LogP contribution in [0.3, 0.4) is 0 Å². The Hall–Kier alpha value is -2.07. The third-order valence-corrected chi connectivity index (χ3v) is 4.14. The van der Waals surface area contributed by atoms with Crippen LogP contribution in [0.2, 0.25) is 0 Å². The van der Waals surface area contributed by atoms with Gasteiger partial charge in [0, 0.05) is 25.3 Å². The fraction of sp³-hybridized carbons (Fsp3) is 0.368. The van der Waals surface area contributed by atoms with E-state index in [9.17, 15) is 9.90 Å². The van der Waals surface area contributed by atoms with Crippen LogP contribution < -0.4 is 10.6 Å². The van der Waals surface area contributed by atoms with Crippen molar-refractivity contribution in [2.24, 2.45) is 4.99 Å². The number of halogens is 1. The lowest BCUT2D eigenvalue weighted by molar-refractivity contribution is 0.0996. The molecule has 1 fully saturated rings. The minimum absolute atomic E-state index is 0. The van der Waals surface area contributed by atoms with Crippen LogP contribution in [0, 0.1) is 0 Å². The highest BCUT2D eigenvalue weighted by molar-refractivity contribution is 14.0. The number of rotatable bonds is 5. The summed E-state index contributed by atoms with van der Waals surface area (Å²) in [6, 6.07) is 10.9. The summed E-state index contributed by atoms with van der Waals surface area (Å²) in [4.78, 5) is 18.8. The van der Waals surface area contributed by atoms with Gasteiger partial charge in [0.2, 0.25) is 0 Å². The molecule has 8 heteroatoms. The molecule has 0 aliphatic carbocycles. The number of guanidine groups is 1. The van der Waals surface area contributed by atoms with Crippen molar-refractivity contribution in [1.29, 1.82) is 0 Å². The van der Waals surface area contributed by atoms with Crippen molar-refractivity contribution in [3.63, 3.8) is 0 Å². The van der Waals surface area contributed by atoms with Gasteiger partial charge in [-0.3, -0.25) is 4.79 Å². The average Bonchev–Trinajstić information content (AvgIpc) is 3.31. The lowest BCUT2D eigenvalue weighted by Crippen LogP contribution is -2.40. The molecule has 1 aromatic carbocycles. The molecule has 1 saturated heterocycles. The molecule has 2 aromatic rings. The molecular formula is C19H25IN4O3. The van der Waals surface area contributed by atoms with Crippen LogP contribution >= 0.6 is 24.0 Å². The van der Waals surface area contributed by atoms with Crippen LogP contribution in [0.5, 0.6) is 0 Å². The van der Waals surface area contributed by atoms with Crippen LogP contribution in [0.4, 0.5) is 5.69 Å². The van der Waals surface area contributed by atoms with Crippen molar-refractivity contribution in [3.8, 4) is 0 Å². The quantitative estimate of drug-likeness (QED) is 0.345. The number of anilines is 1. The highest BCUT2D eigenvalue weighted by Gasteiger charge is 2.22. The van der Waals surface area contributed by atoms with Gasteiger partial charge in [0.15, 0.2) is 11.7 Å². The van der Waals surface area contributed by atoms with E-state index in [0.29, 0.717) is 18.8 Å². The zero-order valence-corrected chi connectivity index (χ0v) is 17.6. The van der Waals surface area contributed by atoms with E-state index in [1.54, 1.807) is 12.1 Å². The van der Waals surface area contributed by atoms with Gasteiger partial charge in [0.05, 0.1) is 18.9 Å². The van der Waals surface area contributed by atoms with Gasteiger partial charge in [-0.25, -0.2) is 4.99 Å². The van der Waals surface area contributed by atoms with Crippen LogP contribution in [-0.2, 0) is 6.54 Å². The third kappa shape index (κ3) is 5.96. The van der Waals surface area contributed by atoms with E-state index in [0.717, 1.165) is 31.0 Å². The molecule has 2 heterocycles. The van der Waals surface area contributed by atoms with Gasteiger partial charge in [0.25, 0.3) is 5.91 Å². The second-order valence-corrected chi connectivity index (χ2v) is 6.19. The number of furan rings is 1. The highest BCUT2D eigenvalue weighted by Crippen LogP contribution is 2.14. The number of hydrogen-bond donors (Lipinski definition) is 3. The second-order valence-electron chi connectivity index (χ2n) is 6.19. The summed E-state index contributed by atoms with van der Waals surface area (Å²) < 4.78 is 5.10. The van der Waals surface area contributed by atoms with Gasteiger partial charge in [-0.05, 0) is 43.2 Å². The standard InChI is InChI=1S/C19H24N4O3.HI/c1-2-20-19(23-9-8-16(24)13-23)21-12-14-5-3-6-15(11-14)22-18(25)17-7-4-10-26-17;/h3-7,10-11,16,24H,2,8-9,12-13H2,1H3,(H,20,21)(H,22,25);1H/t16-;/m1./s1. The number of hydrogen-bond acceptors (Lipinski definition) is 4. The largest absolute Gasteiger partial charge is 0.459 e. The number of nitrogens with zero attached hydrogens (tertiary/aromatic N) is 2. The Kier molecular flexibility index (Phi) is 8.11. The van der Waals surface area contributed by atoms with E-state index in [2.05, 4.69) is 20.5 Å². The average molecular weight is 484 g/mol. The molecule has 27 heavy (non-hydrogen) atoms. The van der Waals surface area contributed by atoms with E-state index in [1.807, 2.05) is 31.2 Å². The van der Waals surface area contributed by atoms with Crippen molar-refractivity contribution < 1.29 is 14.3 Å². The summed E-state index contributed by atoms with van der Waals surface area (Å²) in [6.07, 6.45) is 1.94. The molecular weight excluding hydrogens is 459 g/mol. The van der Waals surface area contributed by atoms with Crippen molar-refractivity contribution in [1.82, 2.24) is 10.2 Å². The van der Waals surface area contributed by atoms with Crippen molar-refractivity contribution in [2.75, 3.05) is 25.0 Å². The maximum Gasteiger partial charge on any atom is 0.291 e. The molecule has 3 rings (SSSR count). The maximum atomic E-state index is 12.1. The number of aliphatic hydroxyl groups is 1. The van der Waals surface area contributed by atoms with Crippen molar-refractivity contribution in [3.05, 3.63) is 54.0 Å². The van der Waals surface area contributed by atoms with E-state index < -0.39 is 0 Å². The fourth-order valence-electron chi connectivity index (χ4n) is 2.87. The lowest BCUT2D eigenvalue weighted by Gasteiger charge is -2.21. The first kappa shape index (κ1) is 21.2.